The average molecular weight is 298 g/mol. The average Bonchev–Trinajstić information content (AvgIpc) is 2.47. The first kappa shape index (κ1) is 16.4. The zero-order valence-electron chi connectivity index (χ0n) is 11.5. The van der Waals surface area contributed by atoms with Crippen LogP contribution in [-0.4, -0.2) is 38.2 Å². The van der Waals surface area contributed by atoms with E-state index in [2.05, 4.69) is 20.1 Å². The molecule has 0 aliphatic heterocycles. The summed E-state index contributed by atoms with van der Waals surface area (Å²) in [5.74, 6) is -1.90. The molecule has 0 aliphatic carbocycles. The Hall–Kier alpha value is -2.64. The van der Waals surface area contributed by atoms with Gasteiger partial charge in [0.05, 0.1) is 20.6 Å². The molecule has 0 aliphatic rings. The van der Waals surface area contributed by atoms with E-state index in [0.717, 1.165) is 14.2 Å². The number of hydrogen-bond donors (Lipinski definition) is 2. The maximum Gasteiger partial charge on any atom is 0.329 e. The quantitative estimate of drug-likeness (QED) is 0.793. The van der Waals surface area contributed by atoms with E-state index < -0.39 is 29.8 Å². The van der Waals surface area contributed by atoms with Gasteiger partial charge in [0, 0.05) is 5.69 Å². The Balaban J connectivity index is 2.64. The number of esters is 2. The standard InChI is InChI=1S/C13H15FN2O5/c1-20-11(17)7-10(12(18)21-2)16-13(19)15-9-5-3-8(14)4-6-9/h3-6,10H,7H2,1-2H3,(H2,15,16,19)/t10-/m0/s1. The first-order valence-corrected chi connectivity index (χ1v) is 5.94. The number of halogens is 1. The Bertz CT molecular complexity index is 518. The second kappa shape index (κ2) is 7.83. The van der Waals surface area contributed by atoms with Gasteiger partial charge in [0.15, 0.2) is 0 Å². The number of anilines is 1. The molecule has 0 saturated carbocycles. The van der Waals surface area contributed by atoms with Crippen LogP contribution in [0.4, 0.5) is 14.9 Å². The van der Waals surface area contributed by atoms with Crippen LogP contribution >= 0.6 is 0 Å². The summed E-state index contributed by atoms with van der Waals surface area (Å²) in [5.41, 5.74) is 0.329. The van der Waals surface area contributed by atoms with E-state index in [1.807, 2.05) is 0 Å². The zero-order chi connectivity index (χ0) is 15.8. The smallest absolute Gasteiger partial charge is 0.329 e. The SMILES string of the molecule is COC(=O)C[C@H](NC(=O)Nc1ccc(F)cc1)C(=O)OC. The van der Waals surface area contributed by atoms with Crippen molar-refractivity contribution in [2.45, 2.75) is 12.5 Å². The fourth-order valence-electron chi connectivity index (χ4n) is 1.44. The number of carbonyl (C=O) groups excluding carboxylic acids is 3. The van der Waals surface area contributed by atoms with Crippen LogP contribution in [0.1, 0.15) is 6.42 Å². The number of rotatable bonds is 5. The van der Waals surface area contributed by atoms with Crippen LogP contribution in [0.15, 0.2) is 24.3 Å². The molecule has 0 bridgehead atoms. The van der Waals surface area contributed by atoms with Crippen molar-refractivity contribution >= 4 is 23.7 Å². The summed E-state index contributed by atoms with van der Waals surface area (Å²) in [6.07, 6.45) is -0.361. The van der Waals surface area contributed by atoms with E-state index in [9.17, 15) is 18.8 Å². The lowest BCUT2D eigenvalue weighted by Gasteiger charge is -2.15. The molecule has 0 radical (unpaired) electrons. The fourth-order valence-corrected chi connectivity index (χ4v) is 1.44. The molecule has 2 N–H and O–H groups in total. The molecule has 8 heteroatoms. The van der Waals surface area contributed by atoms with Gasteiger partial charge in [0.2, 0.25) is 0 Å². The third-order valence-electron chi connectivity index (χ3n) is 2.49. The number of carbonyl (C=O) groups is 3. The molecular formula is C13H15FN2O5. The molecule has 7 nitrogen and oxygen atoms in total. The normalized spacial score (nSPS) is 11.2. The van der Waals surface area contributed by atoms with Crippen molar-refractivity contribution in [2.24, 2.45) is 0 Å². The lowest BCUT2D eigenvalue weighted by atomic mass is 10.2. The third kappa shape index (κ3) is 5.47. The van der Waals surface area contributed by atoms with Gasteiger partial charge in [-0.2, -0.15) is 0 Å². The summed E-state index contributed by atoms with van der Waals surface area (Å²) in [4.78, 5) is 34.4. The molecule has 114 valence electrons. The lowest BCUT2D eigenvalue weighted by Crippen LogP contribution is -2.45. The van der Waals surface area contributed by atoms with Crippen LogP contribution in [0, 0.1) is 5.82 Å². The van der Waals surface area contributed by atoms with E-state index in [1.165, 1.54) is 24.3 Å². The van der Waals surface area contributed by atoms with Crippen molar-refractivity contribution in [3.05, 3.63) is 30.1 Å². The molecule has 21 heavy (non-hydrogen) atoms. The topological polar surface area (TPSA) is 93.7 Å². The predicted molar refractivity (Wildman–Crippen MR) is 71.0 cm³/mol. The van der Waals surface area contributed by atoms with E-state index in [0.29, 0.717) is 5.69 Å². The highest BCUT2D eigenvalue weighted by Gasteiger charge is 2.25. The molecule has 0 fully saturated rings. The summed E-state index contributed by atoms with van der Waals surface area (Å²) in [6, 6.07) is 3.12. The highest BCUT2D eigenvalue weighted by Crippen LogP contribution is 2.08. The second-order valence-electron chi connectivity index (χ2n) is 3.96. The van der Waals surface area contributed by atoms with Crippen LogP contribution in [0.5, 0.6) is 0 Å². The number of methoxy groups -OCH3 is 2. The maximum atomic E-state index is 12.7. The predicted octanol–water partition coefficient (Wildman–Crippen LogP) is 1.05. The number of hydrogen-bond acceptors (Lipinski definition) is 5. The van der Waals surface area contributed by atoms with E-state index in [4.69, 9.17) is 0 Å². The lowest BCUT2D eigenvalue weighted by molar-refractivity contribution is -0.149. The van der Waals surface area contributed by atoms with Gasteiger partial charge in [0.25, 0.3) is 0 Å². The van der Waals surface area contributed by atoms with Gasteiger partial charge in [-0.15, -0.1) is 0 Å². The molecule has 1 rings (SSSR count). The Kier molecular flexibility index (Phi) is 6.12. The number of urea groups is 1. The van der Waals surface area contributed by atoms with Gasteiger partial charge in [-0.25, -0.2) is 14.0 Å². The van der Waals surface area contributed by atoms with Crippen LogP contribution < -0.4 is 10.6 Å². The zero-order valence-corrected chi connectivity index (χ0v) is 11.5. The minimum atomic E-state index is -1.18. The molecule has 0 saturated heterocycles. The van der Waals surface area contributed by atoms with E-state index >= 15 is 0 Å². The second-order valence-corrected chi connectivity index (χ2v) is 3.96. The van der Waals surface area contributed by atoms with Crippen molar-refractivity contribution in [1.29, 1.82) is 0 Å². The Morgan fingerprint density at radius 1 is 1.14 bits per heavy atom. The first-order valence-electron chi connectivity index (χ1n) is 5.94. The summed E-state index contributed by atoms with van der Waals surface area (Å²) >= 11 is 0. The molecular weight excluding hydrogens is 283 g/mol. The summed E-state index contributed by atoms with van der Waals surface area (Å²) in [6.45, 7) is 0. The Labute approximate surface area is 120 Å². The number of benzene rings is 1. The van der Waals surface area contributed by atoms with Crippen molar-refractivity contribution in [3.8, 4) is 0 Å². The van der Waals surface area contributed by atoms with Crippen molar-refractivity contribution < 1.29 is 28.2 Å². The molecule has 0 spiro atoms. The van der Waals surface area contributed by atoms with Gasteiger partial charge in [0.1, 0.15) is 11.9 Å². The van der Waals surface area contributed by atoms with Gasteiger partial charge in [-0.05, 0) is 24.3 Å². The highest BCUT2D eigenvalue weighted by atomic mass is 19.1. The van der Waals surface area contributed by atoms with E-state index in [-0.39, 0.29) is 6.42 Å². The molecule has 1 aromatic rings. The van der Waals surface area contributed by atoms with Crippen LogP contribution in [0.2, 0.25) is 0 Å². The molecule has 1 aromatic carbocycles. The number of nitrogens with one attached hydrogen (secondary N) is 2. The molecule has 0 unspecified atom stereocenters. The monoisotopic (exact) mass is 298 g/mol. The van der Waals surface area contributed by atoms with E-state index in [1.54, 1.807) is 0 Å². The minimum Gasteiger partial charge on any atom is -0.469 e. The van der Waals surface area contributed by atoms with Crippen molar-refractivity contribution in [1.82, 2.24) is 5.32 Å². The molecule has 0 heterocycles. The van der Waals surface area contributed by atoms with Gasteiger partial charge in [-0.1, -0.05) is 0 Å². The van der Waals surface area contributed by atoms with Crippen molar-refractivity contribution in [3.63, 3.8) is 0 Å². The minimum absolute atomic E-state index is 0.329. The van der Waals surface area contributed by atoms with Crippen LogP contribution in [0.25, 0.3) is 0 Å². The van der Waals surface area contributed by atoms with Crippen LogP contribution in [-0.2, 0) is 19.1 Å². The fraction of sp³-hybridized carbons (Fsp3) is 0.308. The van der Waals surface area contributed by atoms with Crippen molar-refractivity contribution in [2.75, 3.05) is 19.5 Å². The van der Waals surface area contributed by atoms with Gasteiger partial charge < -0.3 is 20.1 Å². The molecule has 0 aromatic heterocycles. The largest absolute Gasteiger partial charge is 0.469 e. The molecule has 1 atom stereocenters. The summed E-state index contributed by atoms with van der Waals surface area (Å²) in [5, 5.41) is 4.67. The summed E-state index contributed by atoms with van der Waals surface area (Å²) < 4.78 is 21.6. The Morgan fingerprint density at radius 2 is 1.76 bits per heavy atom. The molecule has 2 amide bonds. The van der Waals surface area contributed by atoms with Crippen LogP contribution in [0.3, 0.4) is 0 Å². The summed E-state index contributed by atoms with van der Waals surface area (Å²) in [7, 11) is 2.29. The third-order valence-corrected chi connectivity index (χ3v) is 2.49. The first-order chi connectivity index (χ1) is 9.96. The number of amides is 2. The number of ether oxygens (including phenoxy) is 2. The van der Waals surface area contributed by atoms with Gasteiger partial charge >= 0.3 is 18.0 Å². The highest BCUT2D eigenvalue weighted by molar-refractivity contribution is 5.93. The Morgan fingerprint density at radius 3 is 2.29 bits per heavy atom. The maximum absolute atomic E-state index is 12.7. The van der Waals surface area contributed by atoms with Gasteiger partial charge in [-0.3, -0.25) is 4.79 Å².